The van der Waals surface area contributed by atoms with E-state index >= 15 is 0 Å². The molecule has 0 spiro atoms. The van der Waals surface area contributed by atoms with Gasteiger partial charge in [-0.25, -0.2) is 9.18 Å². The minimum atomic E-state index is -0.662. The summed E-state index contributed by atoms with van der Waals surface area (Å²) >= 11 is 1.13. The van der Waals surface area contributed by atoms with Crippen LogP contribution in [0.3, 0.4) is 0 Å². The van der Waals surface area contributed by atoms with E-state index in [1.54, 1.807) is 12.1 Å². The summed E-state index contributed by atoms with van der Waals surface area (Å²) in [6.45, 7) is 0.797. The second-order valence-corrected chi connectivity index (χ2v) is 7.02. The van der Waals surface area contributed by atoms with Gasteiger partial charge in [0.25, 0.3) is 5.91 Å². The Labute approximate surface area is 154 Å². The molecule has 8 heteroatoms. The second kappa shape index (κ2) is 8.57. The molecule has 0 aliphatic carbocycles. The van der Waals surface area contributed by atoms with Crippen LogP contribution in [0, 0.1) is 5.82 Å². The van der Waals surface area contributed by atoms with Crippen molar-refractivity contribution in [3.05, 3.63) is 34.5 Å². The minimum Gasteiger partial charge on any atom is -0.451 e. The molecule has 1 unspecified atom stereocenters. The van der Waals surface area contributed by atoms with Gasteiger partial charge in [0.2, 0.25) is 0 Å². The number of hydrogen-bond acceptors (Lipinski definition) is 6. The molecular formula is C18H20FNO5S. The fourth-order valence-corrected chi connectivity index (χ4v) is 4.01. The highest BCUT2D eigenvalue weighted by Crippen LogP contribution is 2.34. The van der Waals surface area contributed by atoms with Crippen molar-refractivity contribution in [2.24, 2.45) is 0 Å². The molecule has 1 atom stereocenters. The summed E-state index contributed by atoms with van der Waals surface area (Å²) in [6.07, 6.45) is 1.92. The monoisotopic (exact) mass is 381 g/mol. The van der Waals surface area contributed by atoms with E-state index in [1.807, 2.05) is 0 Å². The Bertz CT molecular complexity index is 800. The highest BCUT2D eigenvalue weighted by molar-refractivity contribution is 7.21. The van der Waals surface area contributed by atoms with Crippen LogP contribution in [0.25, 0.3) is 10.1 Å². The van der Waals surface area contributed by atoms with E-state index in [-0.39, 0.29) is 17.6 Å². The number of hydrogen-bond donors (Lipinski definition) is 1. The molecule has 1 N–H and O–H groups in total. The lowest BCUT2D eigenvalue weighted by atomic mass is 10.1. The molecule has 2 heterocycles. The standard InChI is InChI=1S/C18H20FNO5S/c1-23-9-12-16-13(19)5-2-6-14(16)26-17(12)18(22)25-10-15(21)20-8-11-4-3-7-24-11/h2,5-6,11H,3-4,7-10H2,1H3,(H,20,21). The van der Waals surface area contributed by atoms with Gasteiger partial charge >= 0.3 is 5.97 Å². The van der Waals surface area contributed by atoms with E-state index in [0.717, 1.165) is 24.2 Å². The van der Waals surface area contributed by atoms with Crippen molar-refractivity contribution in [1.29, 1.82) is 0 Å². The van der Waals surface area contributed by atoms with Gasteiger partial charge in [-0.05, 0) is 25.0 Å². The molecular weight excluding hydrogens is 361 g/mol. The Morgan fingerprint density at radius 1 is 1.42 bits per heavy atom. The number of nitrogens with one attached hydrogen (secondary N) is 1. The number of thiophene rings is 1. The zero-order valence-corrected chi connectivity index (χ0v) is 15.2. The predicted octanol–water partition coefficient (Wildman–Crippen LogP) is 2.64. The van der Waals surface area contributed by atoms with E-state index in [4.69, 9.17) is 14.2 Å². The van der Waals surface area contributed by atoms with Gasteiger partial charge in [-0.1, -0.05) is 6.07 Å². The molecule has 3 rings (SSSR count). The summed E-state index contributed by atoms with van der Waals surface area (Å²) in [5, 5.41) is 3.04. The summed E-state index contributed by atoms with van der Waals surface area (Å²) in [4.78, 5) is 24.5. The van der Waals surface area contributed by atoms with Crippen LogP contribution >= 0.6 is 11.3 Å². The first-order valence-electron chi connectivity index (χ1n) is 8.34. The predicted molar refractivity (Wildman–Crippen MR) is 94.8 cm³/mol. The Morgan fingerprint density at radius 3 is 3.00 bits per heavy atom. The lowest BCUT2D eigenvalue weighted by molar-refractivity contribution is -0.124. The van der Waals surface area contributed by atoms with Gasteiger partial charge in [0.1, 0.15) is 10.7 Å². The Balaban J connectivity index is 1.64. The molecule has 1 aromatic heterocycles. The van der Waals surface area contributed by atoms with Crippen LogP contribution < -0.4 is 5.32 Å². The van der Waals surface area contributed by atoms with Crippen LogP contribution in [0.4, 0.5) is 4.39 Å². The number of amides is 1. The van der Waals surface area contributed by atoms with E-state index < -0.39 is 24.3 Å². The van der Waals surface area contributed by atoms with Crippen LogP contribution in [0.15, 0.2) is 18.2 Å². The number of methoxy groups -OCH3 is 1. The van der Waals surface area contributed by atoms with Gasteiger partial charge in [-0.2, -0.15) is 0 Å². The van der Waals surface area contributed by atoms with E-state index in [1.165, 1.54) is 13.2 Å². The summed E-state index contributed by atoms with van der Waals surface area (Å²) in [7, 11) is 1.47. The Morgan fingerprint density at radius 2 is 2.27 bits per heavy atom. The van der Waals surface area contributed by atoms with Crippen molar-refractivity contribution in [3.63, 3.8) is 0 Å². The SMILES string of the molecule is COCc1c(C(=O)OCC(=O)NCC2CCCO2)sc2cccc(F)c12. The molecule has 2 aromatic rings. The first-order chi connectivity index (χ1) is 12.6. The van der Waals surface area contributed by atoms with Gasteiger partial charge in [0.05, 0.1) is 12.7 Å². The molecule has 1 fully saturated rings. The highest BCUT2D eigenvalue weighted by atomic mass is 32.1. The molecule has 1 aliphatic heterocycles. The number of fused-ring (bicyclic) bond motifs is 1. The fourth-order valence-electron chi connectivity index (χ4n) is 2.89. The average Bonchev–Trinajstić information content (AvgIpc) is 3.27. The first-order valence-corrected chi connectivity index (χ1v) is 9.16. The van der Waals surface area contributed by atoms with Crippen LogP contribution in [-0.2, 0) is 25.6 Å². The third kappa shape index (κ3) is 4.20. The van der Waals surface area contributed by atoms with Crippen LogP contribution in [0.1, 0.15) is 28.1 Å². The molecule has 0 saturated carbocycles. The number of halogens is 1. The minimum absolute atomic E-state index is 0.0218. The summed E-state index contributed by atoms with van der Waals surface area (Å²) in [6, 6.07) is 4.65. The van der Waals surface area contributed by atoms with Crippen LogP contribution in [-0.4, -0.2) is 44.8 Å². The van der Waals surface area contributed by atoms with Gasteiger partial charge in [-0.3, -0.25) is 4.79 Å². The van der Waals surface area contributed by atoms with E-state index in [0.29, 0.717) is 28.8 Å². The van der Waals surface area contributed by atoms with Crippen molar-refractivity contribution in [3.8, 4) is 0 Å². The van der Waals surface area contributed by atoms with Crippen LogP contribution in [0.2, 0.25) is 0 Å². The third-order valence-electron chi connectivity index (χ3n) is 4.12. The molecule has 0 bridgehead atoms. The molecule has 26 heavy (non-hydrogen) atoms. The quantitative estimate of drug-likeness (QED) is 0.747. The first kappa shape index (κ1) is 18.8. The topological polar surface area (TPSA) is 73.9 Å². The molecule has 0 radical (unpaired) electrons. The van der Waals surface area contributed by atoms with E-state index in [9.17, 15) is 14.0 Å². The second-order valence-electron chi connectivity index (χ2n) is 5.97. The van der Waals surface area contributed by atoms with Gasteiger partial charge in [0.15, 0.2) is 6.61 Å². The number of carbonyl (C=O) groups excluding carboxylic acids is 2. The largest absolute Gasteiger partial charge is 0.451 e. The summed E-state index contributed by atoms with van der Waals surface area (Å²) < 4.78 is 30.4. The summed E-state index contributed by atoms with van der Waals surface area (Å²) in [5.74, 6) is -1.47. The number of ether oxygens (including phenoxy) is 3. The summed E-state index contributed by atoms with van der Waals surface area (Å²) in [5.41, 5.74) is 0.440. The van der Waals surface area contributed by atoms with Crippen molar-refractivity contribution < 1.29 is 28.2 Å². The molecule has 1 aliphatic rings. The van der Waals surface area contributed by atoms with Crippen molar-refractivity contribution in [1.82, 2.24) is 5.32 Å². The van der Waals surface area contributed by atoms with Gasteiger partial charge < -0.3 is 19.5 Å². The molecule has 1 aromatic carbocycles. The van der Waals surface area contributed by atoms with Crippen molar-refractivity contribution in [2.45, 2.75) is 25.6 Å². The number of carbonyl (C=O) groups is 2. The maximum atomic E-state index is 14.1. The zero-order valence-electron chi connectivity index (χ0n) is 14.4. The van der Waals surface area contributed by atoms with Gasteiger partial charge in [-0.15, -0.1) is 11.3 Å². The lowest BCUT2D eigenvalue weighted by Crippen LogP contribution is -2.34. The normalized spacial score (nSPS) is 16.8. The Kier molecular flexibility index (Phi) is 6.18. The number of rotatable bonds is 7. The average molecular weight is 381 g/mol. The molecule has 1 saturated heterocycles. The zero-order chi connectivity index (χ0) is 18.5. The van der Waals surface area contributed by atoms with Gasteiger partial charge in [0, 0.05) is 35.9 Å². The fraction of sp³-hybridized carbons (Fsp3) is 0.444. The van der Waals surface area contributed by atoms with E-state index in [2.05, 4.69) is 5.32 Å². The van der Waals surface area contributed by atoms with Crippen molar-refractivity contribution >= 4 is 33.3 Å². The van der Waals surface area contributed by atoms with Crippen molar-refractivity contribution in [2.75, 3.05) is 26.9 Å². The molecule has 6 nitrogen and oxygen atoms in total. The maximum absolute atomic E-state index is 14.1. The van der Waals surface area contributed by atoms with Crippen LogP contribution in [0.5, 0.6) is 0 Å². The molecule has 140 valence electrons. The smallest absolute Gasteiger partial charge is 0.349 e. The Hall–Kier alpha value is -2.03. The highest BCUT2D eigenvalue weighted by Gasteiger charge is 2.23. The number of benzene rings is 1. The third-order valence-corrected chi connectivity index (χ3v) is 5.30. The lowest BCUT2D eigenvalue weighted by Gasteiger charge is -2.11. The maximum Gasteiger partial charge on any atom is 0.349 e. The molecule has 1 amide bonds. The number of esters is 1.